The number of ether oxygens (including phenoxy) is 2. The van der Waals surface area contributed by atoms with Crippen molar-refractivity contribution in [3.05, 3.63) is 12.2 Å². The first kappa shape index (κ1) is 12.4. The smallest absolute Gasteiger partial charge is 0.409 e. The molecule has 1 amide bonds. The van der Waals surface area contributed by atoms with Crippen LogP contribution in [-0.2, 0) is 9.47 Å². The van der Waals surface area contributed by atoms with Gasteiger partial charge in [-0.2, -0.15) is 5.26 Å². The summed E-state index contributed by atoms with van der Waals surface area (Å²) in [6.07, 6.45) is 5.13. The number of allylic oxidation sites excluding steroid dienone is 1. The first-order valence-electron chi connectivity index (χ1n) is 5.33. The molecule has 0 heterocycles. The highest BCUT2D eigenvalue weighted by atomic mass is 16.6. The van der Waals surface area contributed by atoms with Gasteiger partial charge >= 0.3 is 6.09 Å². The van der Waals surface area contributed by atoms with Gasteiger partial charge in [0, 0.05) is 0 Å². The van der Waals surface area contributed by atoms with Gasteiger partial charge in [0.15, 0.2) is 6.73 Å². The molecule has 0 bridgehead atoms. The van der Waals surface area contributed by atoms with E-state index in [1.54, 1.807) is 0 Å². The molecule has 16 heavy (non-hydrogen) atoms. The van der Waals surface area contributed by atoms with Gasteiger partial charge in [-0.3, -0.25) is 5.32 Å². The highest BCUT2D eigenvalue weighted by molar-refractivity contribution is 5.66. The Labute approximate surface area is 95.0 Å². The third kappa shape index (κ3) is 4.22. The predicted octanol–water partition coefficient (Wildman–Crippen LogP) is 1.91. The van der Waals surface area contributed by atoms with E-state index >= 15 is 0 Å². The molecule has 1 atom stereocenters. The molecule has 1 fully saturated rings. The Morgan fingerprint density at radius 2 is 2.50 bits per heavy atom. The van der Waals surface area contributed by atoms with Crippen LogP contribution in [0.3, 0.4) is 0 Å². The monoisotopic (exact) mass is 224 g/mol. The third-order valence-corrected chi connectivity index (χ3v) is 2.68. The quantitative estimate of drug-likeness (QED) is 0.335. The van der Waals surface area contributed by atoms with Crippen LogP contribution in [0, 0.1) is 17.4 Å². The number of hydrogen-bond donors (Lipinski definition) is 1. The zero-order valence-electron chi connectivity index (χ0n) is 9.20. The minimum absolute atomic E-state index is 0.147. The minimum atomic E-state index is -0.557. The summed E-state index contributed by atoms with van der Waals surface area (Å²) in [5.74, 6) is 0.489. The number of nitriles is 1. The van der Waals surface area contributed by atoms with E-state index in [2.05, 4.69) is 16.6 Å². The topological polar surface area (TPSA) is 71.3 Å². The minimum Gasteiger partial charge on any atom is -0.449 e. The van der Waals surface area contributed by atoms with Crippen molar-refractivity contribution < 1.29 is 14.3 Å². The second-order valence-corrected chi connectivity index (χ2v) is 3.73. The number of amides is 1. The lowest BCUT2D eigenvalue weighted by atomic mass is 10.0. The third-order valence-electron chi connectivity index (χ3n) is 2.68. The van der Waals surface area contributed by atoms with Crippen molar-refractivity contribution in [1.82, 2.24) is 5.32 Å². The lowest BCUT2D eigenvalue weighted by Gasteiger charge is -2.11. The fourth-order valence-electron chi connectivity index (χ4n) is 1.80. The van der Waals surface area contributed by atoms with Gasteiger partial charge in [0.1, 0.15) is 0 Å². The number of nitrogens with one attached hydrogen (secondary N) is 1. The van der Waals surface area contributed by atoms with Crippen LogP contribution < -0.4 is 5.32 Å². The van der Waals surface area contributed by atoms with E-state index in [1.807, 2.05) is 0 Å². The van der Waals surface area contributed by atoms with Crippen molar-refractivity contribution in [2.75, 3.05) is 13.3 Å². The Morgan fingerprint density at radius 1 is 1.69 bits per heavy atom. The lowest BCUT2D eigenvalue weighted by Crippen LogP contribution is -2.26. The molecule has 0 spiro atoms. The van der Waals surface area contributed by atoms with Crippen LogP contribution in [0.5, 0.6) is 0 Å². The normalized spacial score (nSPS) is 18.9. The van der Waals surface area contributed by atoms with Gasteiger partial charge < -0.3 is 9.47 Å². The summed E-state index contributed by atoms with van der Waals surface area (Å²) in [5.41, 5.74) is 1.26. The predicted molar refractivity (Wildman–Crippen MR) is 57.1 cm³/mol. The van der Waals surface area contributed by atoms with Gasteiger partial charge in [0.05, 0.1) is 6.61 Å². The number of carbonyl (C=O) groups excluding carboxylic acids is 1. The Bertz CT molecular complexity index is 296. The summed E-state index contributed by atoms with van der Waals surface area (Å²) < 4.78 is 9.20. The van der Waals surface area contributed by atoms with E-state index in [1.165, 1.54) is 18.2 Å². The van der Waals surface area contributed by atoms with Crippen LogP contribution in [0.15, 0.2) is 12.2 Å². The molecule has 1 aliphatic carbocycles. The molecule has 1 saturated carbocycles. The Hall–Kier alpha value is -1.70. The summed E-state index contributed by atoms with van der Waals surface area (Å²) in [7, 11) is 0. The molecule has 88 valence electrons. The number of nitrogens with zero attached hydrogens (tertiary/aromatic N) is 1. The van der Waals surface area contributed by atoms with E-state index in [4.69, 9.17) is 10.00 Å². The molecule has 1 unspecified atom stereocenters. The second-order valence-electron chi connectivity index (χ2n) is 3.73. The molecular weight excluding hydrogens is 208 g/mol. The maximum atomic E-state index is 11.0. The molecule has 0 aliphatic heterocycles. The van der Waals surface area contributed by atoms with Gasteiger partial charge in [-0.25, -0.2) is 4.79 Å². The Morgan fingerprint density at radius 3 is 3.12 bits per heavy atom. The standard InChI is InChI=1S/C11H16N2O3/c1-9-3-2-4-10(9)5-6-16-11(14)13-8-15-7-12/h10H,1-6,8H2,(H,13,14). The van der Waals surface area contributed by atoms with E-state index in [0.29, 0.717) is 12.5 Å². The van der Waals surface area contributed by atoms with Crippen molar-refractivity contribution >= 4 is 6.09 Å². The number of alkyl carbamates (subject to hydrolysis) is 1. The lowest BCUT2D eigenvalue weighted by molar-refractivity contribution is 0.127. The van der Waals surface area contributed by atoms with E-state index in [-0.39, 0.29) is 6.73 Å². The van der Waals surface area contributed by atoms with Crippen molar-refractivity contribution in [2.24, 2.45) is 5.92 Å². The highest BCUT2D eigenvalue weighted by Crippen LogP contribution is 2.31. The van der Waals surface area contributed by atoms with Crippen LogP contribution in [0.25, 0.3) is 0 Å². The molecule has 1 N–H and O–H groups in total. The zero-order valence-corrected chi connectivity index (χ0v) is 9.20. The van der Waals surface area contributed by atoms with E-state index in [0.717, 1.165) is 19.3 Å². The Kier molecular flexibility index (Phi) is 5.20. The van der Waals surface area contributed by atoms with Crippen LogP contribution in [0.2, 0.25) is 0 Å². The van der Waals surface area contributed by atoms with Crippen LogP contribution in [0.1, 0.15) is 25.7 Å². The molecule has 5 nitrogen and oxygen atoms in total. The van der Waals surface area contributed by atoms with Gasteiger partial charge in [-0.05, 0) is 31.6 Å². The molecule has 0 aromatic carbocycles. The summed E-state index contributed by atoms with van der Waals surface area (Å²) in [4.78, 5) is 11.0. The zero-order chi connectivity index (χ0) is 11.8. The molecule has 0 aromatic rings. The number of hydrogen-bond acceptors (Lipinski definition) is 4. The van der Waals surface area contributed by atoms with E-state index < -0.39 is 6.09 Å². The first-order valence-corrected chi connectivity index (χ1v) is 5.33. The van der Waals surface area contributed by atoms with Crippen LogP contribution >= 0.6 is 0 Å². The largest absolute Gasteiger partial charge is 0.449 e. The van der Waals surface area contributed by atoms with Gasteiger partial charge in [0.25, 0.3) is 6.26 Å². The average molecular weight is 224 g/mol. The van der Waals surface area contributed by atoms with Crippen LogP contribution in [-0.4, -0.2) is 19.4 Å². The fourth-order valence-corrected chi connectivity index (χ4v) is 1.80. The molecule has 1 aliphatic rings. The Balaban J connectivity index is 2.04. The maximum absolute atomic E-state index is 11.0. The van der Waals surface area contributed by atoms with Crippen molar-refractivity contribution in [3.8, 4) is 6.26 Å². The molecule has 1 rings (SSSR count). The highest BCUT2D eigenvalue weighted by Gasteiger charge is 2.19. The SMILES string of the molecule is C=C1CCCC1CCOC(=O)NCOC#N. The molecule has 0 radical (unpaired) electrons. The first-order chi connectivity index (χ1) is 7.74. The van der Waals surface area contributed by atoms with Gasteiger partial charge in [-0.1, -0.05) is 12.2 Å². The number of carbonyl (C=O) groups is 1. The summed E-state index contributed by atoms with van der Waals surface area (Å²) in [5, 5.41) is 10.3. The van der Waals surface area contributed by atoms with Gasteiger partial charge in [-0.15, -0.1) is 0 Å². The number of rotatable bonds is 5. The summed E-state index contributed by atoms with van der Waals surface area (Å²) >= 11 is 0. The summed E-state index contributed by atoms with van der Waals surface area (Å²) in [6.45, 7) is 4.21. The second kappa shape index (κ2) is 6.72. The summed E-state index contributed by atoms with van der Waals surface area (Å²) in [6, 6.07) is 0. The fraction of sp³-hybridized carbons (Fsp3) is 0.636. The van der Waals surface area contributed by atoms with Crippen molar-refractivity contribution in [1.29, 1.82) is 5.26 Å². The molecule has 5 heteroatoms. The maximum Gasteiger partial charge on any atom is 0.409 e. The average Bonchev–Trinajstić information content (AvgIpc) is 2.65. The van der Waals surface area contributed by atoms with Crippen LogP contribution in [0.4, 0.5) is 4.79 Å². The molecule has 0 saturated heterocycles. The molecule has 0 aromatic heterocycles. The van der Waals surface area contributed by atoms with Crippen molar-refractivity contribution in [2.45, 2.75) is 25.7 Å². The van der Waals surface area contributed by atoms with E-state index in [9.17, 15) is 4.79 Å². The van der Waals surface area contributed by atoms with Crippen molar-refractivity contribution in [3.63, 3.8) is 0 Å². The molecular formula is C11H16N2O3. The van der Waals surface area contributed by atoms with Gasteiger partial charge in [0.2, 0.25) is 0 Å².